The van der Waals surface area contributed by atoms with E-state index in [0.717, 1.165) is 6.07 Å². The van der Waals surface area contributed by atoms with Crippen molar-refractivity contribution in [2.24, 2.45) is 7.05 Å². The monoisotopic (exact) mass is 353 g/mol. The van der Waals surface area contributed by atoms with E-state index in [9.17, 15) is 18.0 Å². The molecular weight excluding hydrogens is 335 g/mol. The second-order valence-corrected chi connectivity index (χ2v) is 5.90. The summed E-state index contributed by atoms with van der Waals surface area (Å²) in [5.74, 6) is -0.159. The van der Waals surface area contributed by atoms with Gasteiger partial charge in [0.05, 0.1) is 0 Å². The molecule has 0 aromatic carbocycles. The lowest BCUT2D eigenvalue weighted by Crippen LogP contribution is -2.35. The summed E-state index contributed by atoms with van der Waals surface area (Å²) in [6, 6.07) is 4.27. The first-order valence-electron chi connectivity index (χ1n) is 7.92. The zero-order chi connectivity index (χ0) is 18.0. The molecule has 134 valence electrons. The predicted octanol–water partition coefficient (Wildman–Crippen LogP) is 2.19. The molecule has 2 aromatic heterocycles. The average Bonchev–Trinajstić information content (AvgIpc) is 2.86. The van der Waals surface area contributed by atoms with Gasteiger partial charge in [-0.2, -0.15) is 18.3 Å². The standard InChI is InChI=1S/C16H18F3N5O/c1-22-8-4-13(21-22)15(25)24-7-2-6-23(9-10-24)12-3-5-20-14(11-12)16(17,18)19/h3-5,8,11H,2,6-7,9-10H2,1H3. The van der Waals surface area contributed by atoms with Crippen molar-refractivity contribution in [1.82, 2.24) is 19.7 Å². The highest BCUT2D eigenvalue weighted by atomic mass is 19.4. The number of aryl methyl sites for hydroxylation is 1. The Bertz CT molecular complexity index is 758. The summed E-state index contributed by atoms with van der Waals surface area (Å²) in [6.07, 6.45) is -0.933. The fraction of sp³-hybridized carbons (Fsp3) is 0.438. The van der Waals surface area contributed by atoms with Crippen LogP contribution in [0.3, 0.4) is 0 Å². The number of carbonyl (C=O) groups is 1. The van der Waals surface area contributed by atoms with Crippen LogP contribution in [0.4, 0.5) is 18.9 Å². The van der Waals surface area contributed by atoms with Gasteiger partial charge in [-0.3, -0.25) is 14.5 Å². The van der Waals surface area contributed by atoms with Crippen molar-refractivity contribution in [3.63, 3.8) is 0 Å². The lowest BCUT2D eigenvalue weighted by atomic mass is 10.2. The number of nitrogens with zero attached hydrogens (tertiary/aromatic N) is 5. The van der Waals surface area contributed by atoms with E-state index in [1.165, 1.54) is 6.20 Å². The number of anilines is 1. The lowest BCUT2D eigenvalue weighted by molar-refractivity contribution is -0.141. The van der Waals surface area contributed by atoms with E-state index in [1.807, 2.05) is 4.90 Å². The number of pyridine rings is 1. The van der Waals surface area contributed by atoms with Crippen LogP contribution in [0.5, 0.6) is 0 Å². The molecule has 0 aliphatic carbocycles. The van der Waals surface area contributed by atoms with Gasteiger partial charge in [0.25, 0.3) is 5.91 Å². The van der Waals surface area contributed by atoms with Crippen molar-refractivity contribution in [3.05, 3.63) is 42.0 Å². The molecule has 2 aromatic rings. The van der Waals surface area contributed by atoms with Crippen molar-refractivity contribution >= 4 is 11.6 Å². The second kappa shape index (κ2) is 6.73. The van der Waals surface area contributed by atoms with E-state index < -0.39 is 11.9 Å². The number of halogens is 3. The molecule has 0 atom stereocenters. The van der Waals surface area contributed by atoms with Crippen molar-refractivity contribution < 1.29 is 18.0 Å². The van der Waals surface area contributed by atoms with Gasteiger partial charge in [-0.25, -0.2) is 0 Å². The third kappa shape index (κ3) is 3.92. The van der Waals surface area contributed by atoms with Crippen LogP contribution >= 0.6 is 0 Å². The highest BCUT2D eigenvalue weighted by Crippen LogP contribution is 2.30. The molecule has 0 radical (unpaired) electrons. The number of amides is 1. The molecule has 1 aliphatic heterocycles. The van der Waals surface area contributed by atoms with Crippen LogP contribution in [0.1, 0.15) is 22.6 Å². The van der Waals surface area contributed by atoms with Crippen molar-refractivity contribution in [2.75, 3.05) is 31.1 Å². The van der Waals surface area contributed by atoms with E-state index in [1.54, 1.807) is 35.0 Å². The van der Waals surface area contributed by atoms with E-state index in [2.05, 4.69) is 10.1 Å². The minimum atomic E-state index is -4.47. The predicted molar refractivity (Wildman–Crippen MR) is 85.2 cm³/mol. The van der Waals surface area contributed by atoms with Gasteiger partial charge in [0.2, 0.25) is 0 Å². The Labute approximate surface area is 142 Å². The SMILES string of the molecule is Cn1ccc(C(=O)N2CCCN(c3ccnc(C(F)(F)F)c3)CC2)n1. The van der Waals surface area contributed by atoms with Crippen LogP contribution in [0.2, 0.25) is 0 Å². The molecule has 0 saturated carbocycles. The molecule has 3 rings (SSSR count). The Hall–Kier alpha value is -2.58. The van der Waals surface area contributed by atoms with Crippen molar-refractivity contribution in [1.29, 1.82) is 0 Å². The normalized spacial score (nSPS) is 16.0. The quantitative estimate of drug-likeness (QED) is 0.831. The highest BCUT2D eigenvalue weighted by Gasteiger charge is 2.33. The number of rotatable bonds is 2. The minimum Gasteiger partial charge on any atom is -0.370 e. The van der Waals surface area contributed by atoms with Crippen LogP contribution in [-0.4, -0.2) is 51.8 Å². The van der Waals surface area contributed by atoms with E-state index in [-0.39, 0.29) is 5.91 Å². The summed E-state index contributed by atoms with van der Waals surface area (Å²) >= 11 is 0. The van der Waals surface area contributed by atoms with Crippen LogP contribution < -0.4 is 4.90 Å². The zero-order valence-corrected chi connectivity index (χ0v) is 13.7. The fourth-order valence-corrected chi connectivity index (χ4v) is 2.84. The maximum Gasteiger partial charge on any atom is 0.433 e. The number of hydrogen-bond acceptors (Lipinski definition) is 4. The molecule has 1 aliphatic rings. The molecule has 0 bridgehead atoms. The molecule has 0 N–H and O–H groups in total. The Morgan fingerprint density at radius 2 is 1.96 bits per heavy atom. The van der Waals surface area contributed by atoms with Crippen molar-refractivity contribution in [3.8, 4) is 0 Å². The topological polar surface area (TPSA) is 54.3 Å². The van der Waals surface area contributed by atoms with Crippen LogP contribution in [0.15, 0.2) is 30.6 Å². The molecule has 3 heterocycles. The summed E-state index contributed by atoms with van der Waals surface area (Å²) < 4.78 is 40.1. The van der Waals surface area contributed by atoms with Crippen molar-refractivity contribution in [2.45, 2.75) is 12.6 Å². The maximum atomic E-state index is 12.8. The first-order chi connectivity index (χ1) is 11.8. The van der Waals surface area contributed by atoms with Crippen LogP contribution in [0.25, 0.3) is 0 Å². The van der Waals surface area contributed by atoms with Gasteiger partial charge >= 0.3 is 6.18 Å². The van der Waals surface area contributed by atoms with Gasteiger partial charge in [-0.15, -0.1) is 0 Å². The van der Waals surface area contributed by atoms with E-state index in [0.29, 0.717) is 44.0 Å². The van der Waals surface area contributed by atoms with Gasteiger partial charge in [0, 0.05) is 51.3 Å². The number of carbonyl (C=O) groups excluding carboxylic acids is 1. The number of alkyl halides is 3. The zero-order valence-electron chi connectivity index (χ0n) is 13.7. The molecule has 6 nitrogen and oxygen atoms in total. The molecule has 25 heavy (non-hydrogen) atoms. The third-order valence-electron chi connectivity index (χ3n) is 4.11. The Balaban J connectivity index is 1.70. The highest BCUT2D eigenvalue weighted by molar-refractivity contribution is 5.92. The summed E-state index contributed by atoms with van der Waals surface area (Å²) in [7, 11) is 1.74. The lowest BCUT2D eigenvalue weighted by Gasteiger charge is -2.24. The summed E-state index contributed by atoms with van der Waals surface area (Å²) in [5, 5.41) is 4.11. The molecule has 0 unspecified atom stereocenters. The van der Waals surface area contributed by atoms with Gasteiger partial charge in [0.15, 0.2) is 0 Å². The van der Waals surface area contributed by atoms with E-state index >= 15 is 0 Å². The van der Waals surface area contributed by atoms with Gasteiger partial charge in [-0.1, -0.05) is 0 Å². The summed E-state index contributed by atoms with van der Waals surface area (Å²) in [5.41, 5.74) is -0.0654. The second-order valence-electron chi connectivity index (χ2n) is 5.90. The Morgan fingerprint density at radius 1 is 1.16 bits per heavy atom. The molecule has 0 spiro atoms. The first-order valence-corrected chi connectivity index (χ1v) is 7.92. The Morgan fingerprint density at radius 3 is 2.64 bits per heavy atom. The summed E-state index contributed by atoms with van der Waals surface area (Å²) in [4.78, 5) is 19.4. The van der Waals surface area contributed by atoms with Gasteiger partial charge < -0.3 is 9.80 Å². The average molecular weight is 353 g/mol. The minimum absolute atomic E-state index is 0.159. The third-order valence-corrected chi connectivity index (χ3v) is 4.11. The van der Waals surface area contributed by atoms with Gasteiger partial charge in [0.1, 0.15) is 11.4 Å². The molecule has 1 amide bonds. The van der Waals surface area contributed by atoms with Gasteiger partial charge in [-0.05, 0) is 24.6 Å². The molecule has 1 fully saturated rings. The largest absolute Gasteiger partial charge is 0.433 e. The first kappa shape index (κ1) is 17.2. The van der Waals surface area contributed by atoms with Crippen LogP contribution in [-0.2, 0) is 13.2 Å². The van der Waals surface area contributed by atoms with E-state index in [4.69, 9.17) is 0 Å². The molecular formula is C16H18F3N5O. The number of hydrogen-bond donors (Lipinski definition) is 0. The van der Waals surface area contributed by atoms with Crippen LogP contribution in [0, 0.1) is 0 Å². The smallest absolute Gasteiger partial charge is 0.370 e. The molecule has 1 saturated heterocycles. The Kier molecular flexibility index (Phi) is 4.65. The maximum absolute atomic E-state index is 12.8. The summed E-state index contributed by atoms with van der Waals surface area (Å²) in [6.45, 7) is 2.01. The number of aromatic nitrogens is 3. The molecule has 9 heteroatoms. The fourth-order valence-electron chi connectivity index (χ4n) is 2.84.